The van der Waals surface area contributed by atoms with Gasteiger partial charge in [-0.25, -0.2) is 8.42 Å². The van der Waals surface area contributed by atoms with E-state index >= 15 is 0 Å². The molecule has 0 spiro atoms. The fourth-order valence-electron chi connectivity index (χ4n) is 1.70. The molecule has 0 fully saturated rings. The first-order chi connectivity index (χ1) is 9.57. The van der Waals surface area contributed by atoms with Crippen molar-refractivity contribution in [2.45, 2.75) is 44.7 Å². The minimum Gasteiger partial charge on any atom is -0.491 e. The van der Waals surface area contributed by atoms with Crippen molar-refractivity contribution in [3.05, 3.63) is 23.8 Å². The lowest BCUT2D eigenvalue weighted by Gasteiger charge is -2.21. The van der Waals surface area contributed by atoms with E-state index in [-0.39, 0.29) is 11.0 Å². The number of benzene rings is 1. The Morgan fingerprint density at radius 3 is 2.29 bits per heavy atom. The summed E-state index contributed by atoms with van der Waals surface area (Å²) in [5, 5.41) is 8.93. The van der Waals surface area contributed by atoms with Crippen molar-refractivity contribution in [3.63, 3.8) is 0 Å². The molecule has 0 aliphatic carbocycles. The molecule has 6 nitrogen and oxygen atoms in total. The highest BCUT2D eigenvalue weighted by molar-refractivity contribution is 7.89. The molecule has 1 N–H and O–H groups in total. The Bertz CT molecular complexity index is 624. The number of hydrogen-bond donors (Lipinski definition) is 1. The molecule has 1 aromatic rings. The quantitative estimate of drug-likeness (QED) is 0.866. The number of rotatable bonds is 6. The molecule has 118 valence electrons. The maximum Gasteiger partial charge on any atom is 0.321 e. The van der Waals surface area contributed by atoms with Crippen LogP contribution < -0.4 is 4.74 Å². The molecule has 1 rings (SSSR count). The van der Waals surface area contributed by atoms with Gasteiger partial charge in [-0.1, -0.05) is 0 Å². The highest BCUT2D eigenvalue weighted by Gasteiger charge is 2.29. The molecule has 0 aliphatic heterocycles. The van der Waals surface area contributed by atoms with Crippen molar-refractivity contribution in [1.82, 2.24) is 4.31 Å². The Balaban J connectivity index is 3.16. The van der Waals surface area contributed by atoms with Crippen molar-refractivity contribution in [2.75, 3.05) is 7.05 Å². The maximum atomic E-state index is 12.4. The topological polar surface area (TPSA) is 83.9 Å². The summed E-state index contributed by atoms with van der Waals surface area (Å²) in [7, 11) is -2.60. The third kappa shape index (κ3) is 3.95. The Morgan fingerprint density at radius 2 is 1.86 bits per heavy atom. The van der Waals surface area contributed by atoms with Crippen molar-refractivity contribution >= 4 is 16.0 Å². The van der Waals surface area contributed by atoms with Gasteiger partial charge in [0.1, 0.15) is 11.8 Å². The predicted octanol–water partition coefficient (Wildman–Crippen LogP) is 1.88. The molecule has 0 heterocycles. The second-order valence-corrected chi connectivity index (χ2v) is 7.13. The van der Waals surface area contributed by atoms with Gasteiger partial charge in [-0.2, -0.15) is 4.31 Å². The lowest BCUT2D eigenvalue weighted by atomic mass is 10.2. The van der Waals surface area contributed by atoms with Crippen LogP contribution in [0.1, 0.15) is 26.3 Å². The summed E-state index contributed by atoms with van der Waals surface area (Å²) >= 11 is 0. The number of carboxylic acids is 1. The molecule has 0 bridgehead atoms. The highest BCUT2D eigenvalue weighted by atomic mass is 32.2. The average Bonchev–Trinajstić information content (AvgIpc) is 2.38. The lowest BCUT2D eigenvalue weighted by molar-refractivity contribution is -0.140. The summed E-state index contributed by atoms with van der Waals surface area (Å²) < 4.78 is 31.2. The van der Waals surface area contributed by atoms with E-state index in [2.05, 4.69) is 0 Å². The van der Waals surface area contributed by atoms with Gasteiger partial charge in [-0.15, -0.1) is 0 Å². The number of aryl methyl sites for hydroxylation is 1. The number of nitrogens with zero attached hydrogens (tertiary/aromatic N) is 1. The number of ether oxygens (including phenoxy) is 1. The summed E-state index contributed by atoms with van der Waals surface area (Å²) in [5.74, 6) is -0.588. The molecule has 21 heavy (non-hydrogen) atoms. The van der Waals surface area contributed by atoms with Crippen molar-refractivity contribution in [3.8, 4) is 5.75 Å². The zero-order valence-electron chi connectivity index (χ0n) is 12.8. The summed E-state index contributed by atoms with van der Waals surface area (Å²) in [6.07, 6.45) is -0.0131. The van der Waals surface area contributed by atoms with Crippen LogP contribution >= 0.6 is 0 Å². The van der Waals surface area contributed by atoms with Crippen LogP contribution in [0.3, 0.4) is 0 Å². The van der Waals surface area contributed by atoms with Crippen LogP contribution in [0.15, 0.2) is 23.1 Å². The zero-order valence-corrected chi connectivity index (χ0v) is 13.6. The van der Waals surface area contributed by atoms with E-state index in [9.17, 15) is 13.2 Å². The minimum atomic E-state index is -3.85. The number of likely N-dealkylation sites (N-methyl/N-ethyl adjacent to an activating group) is 1. The number of carbonyl (C=O) groups is 1. The Hall–Kier alpha value is -1.60. The van der Waals surface area contributed by atoms with E-state index in [4.69, 9.17) is 9.84 Å². The van der Waals surface area contributed by atoms with E-state index < -0.39 is 22.0 Å². The molecule has 0 amide bonds. The SMILES string of the molecule is Cc1cc(S(=O)(=O)N(C)C(C)C(=O)O)ccc1OC(C)C. The Labute approximate surface area is 125 Å². The average molecular weight is 315 g/mol. The van der Waals surface area contributed by atoms with Crippen LogP contribution in [-0.4, -0.2) is 43.0 Å². The fraction of sp³-hybridized carbons (Fsp3) is 0.500. The zero-order chi connectivity index (χ0) is 16.4. The molecule has 0 radical (unpaired) electrons. The molecule has 7 heteroatoms. The summed E-state index contributed by atoms with van der Waals surface area (Å²) in [6, 6.07) is 3.35. The smallest absolute Gasteiger partial charge is 0.321 e. The van der Waals surface area contributed by atoms with Gasteiger partial charge in [0.25, 0.3) is 0 Å². The van der Waals surface area contributed by atoms with Gasteiger partial charge in [0.05, 0.1) is 11.0 Å². The summed E-state index contributed by atoms with van der Waals surface area (Å²) in [6.45, 7) is 6.83. The third-order valence-corrected chi connectivity index (χ3v) is 5.01. The second-order valence-electron chi connectivity index (χ2n) is 5.13. The molecule has 0 aliphatic rings. The van der Waals surface area contributed by atoms with E-state index in [1.807, 2.05) is 13.8 Å². The van der Waals surface area contributed by atoms with Crippen molar-refractivity contribution in [1.29, 1.82) is 0 Å². The van der Waals surface area contributed by atoms with Crippen LogP contribution in [0.5, 0.6) is 5.75 Å². The van der Waals surface area contributed by atoms with Gasteiger partial charge in [0, 0.05) is 7.05 Å². The standard InChI is InChI=1S/C14H21NO5S/c1-9(2)20-13-7-6-12(8-10(13)3)21(18,19)15(5)11(4)14(16)17/h6-9,11H,1-5H3,(H,16,17). The van der Waals surface area contributed by atoms with Gasteiger partial charge in [-0.05, 0) is 51.5 Å². The number of sulfonamides is 1. The first-order valence-electron chi connectivity index (χ1n) is 6.55. The highest BCUT2D eigenvalue weighted by Crippen LogP contribution is 2.25. The third-order valence-electron chi connectivity index (χ3n) is 3.09. The summed E-state index contributed by atoms with van der Waals surface area (Å²) in [4.78, 5) is 11.0. The molecule has 1 aromatic carbocycles. The largest absolute Gasteiger partial charge is 0.491 e. The first-order valence-corrected chi connectivity index (χ1v) is 7.99. The minimum absolute atomic E-state index is 0.0131. The lowest BCUT2D eigenvalue weighted by Crippen LogP contribution is -2.40. The maximum absolute atomic E-state index is 12.4. The number of carboxylic acid groups (broad SMARTS) is 1. The Kier molecular flexibility index (Phi) is 5.36. The van der Waals surface area contributed by atoms with Gasteiger partial charge >= 0.3 is 5.97 Å². The number of aliphatic carboxylic acids is 1. The van der Waals surface area contributed by atoms with Crippen LogP contribution in [0.2, 0.25) is 0 Å². The second kappa shape index (κ2) is 6.44. The van der Waals surface area contributed by atoms with E-state index in [1.54, 1.807) is 13.0 Å². The van der Waals surface area contributed by atoms with E-state index in [0.717, 1.165) is 4.31 Å². The predicted molar refractivity (Wildman–Crippen MR) is 79.0 cm³/mol. The van der Waals surface area contributed by atoms with Crippen LogP contribution in [0.4, 0.5) is 0 Å². The molecule has 1 atom stereocenters. The van der Waals surface area contributed by atoms with Crippen molar-refractivity contribution < 1.29 is 23.1 Å². The molecule has 0 saturated carbocycles. The van der Waals surface area contributed by atoms with Crippen molar-refractivity contribution in [2.24, 2.45) is 0 Å². The summed E-state index contributed by atoms with van der Waals surface area (Å²) in [5.41, 5.74) is 0.682. The van der Waals surface area contributed by atoms with Gasteiger partial charge in [0.2, 0.25) is 10.0 Å². The number of hydrogen-bond acceptors (Lipinski definition) is 4. The van der Waals surface area contributed by atoms with Crippen LogP contribution in [0.25, 0.3) is 0 Å². The molecule has 1 unspecified atom stereocenters. The molecular weight excluding hydrogens is 294 g/mol. The van der Waals surface area contributed by atoms with E-state index in [0.29, 0.717) is 11.3 Å². The Morgan fingerprint density at radius 1 is 1.29 bits per heavy atom. The van der Waals surface area contributed by atoms with E-state index in [1.165, 1.54) is 26.1 Å². The normalized spacial score (nSPS) is 13.5. The van der Waals surface area contributed by atoms with Crippen LogP contribution in [0, 0.1) is 6.92 Å². The fourth-order valence-corrected chi connectivity index (χ4v) is 3.10. The first kappa shape index (κ1) is 17.5. The van der Waals surface area contributed by atoms with Crippen LogP contribution in [-0.2, 0) is 14.8 Å². The van der Waals surface area contributed by atoms with Gasteiger partial charge in [-0.3, -0.25) is 4.79 Å². The van der Waals surface area contributed by atoms with Gasteiger partial charge < -0.3 is 9.84 Å². The molecule has 0 aromatic heterocycles. The monoisotopic (exact) mass is 315 g/mol. The van der Waals surface area contributed by atoms with Gasteiger partial charge in [0.15, 0.2) is 0 Å². The molecular formula is C14H21NO5S. The molecule has 0 saturated heterocycles.